The molecule has 0 saturated heterocycles. The maximum atomic E-state index is 12.1. The normalized spacial score (nSPS) is 15.7. The van der Waals surface area contributed by atoms with Crippen molar-refractivity contribution in [1.29, 1.82) is 0 Å². The van der Waals surface area contributed by atoms with E-state index in [2.05, 4.69) is 10.6 Å². The summed E-state index contributed by atoms with van der Waals surface area (Å²) in [5.74, 6) is -0.927. The van der Waals surface area contributed by atoms with Crippen molar-refractivity contribution in [2.75, 3.05) is 5.32 Å². The summed E-state index contributed by atoms with van der Waals surface area (Å²) in [6, 6.07) is 5.61. The molecule has 0 aromatic heterocycles. The number of esters is 1. The Hall–Kier alpha value is -2.57. The fraction of sp³-hybridized carbons (Fsp3) is 0.438. The molecule has 1 aliphatic rings. The molecule has 7 heteroatoms. The van der Waals surface area contributed by atoms with Gasteiger partial charge in [-0.15, -0.1) is 0 Å². The molecule has 0 unspecified atom stereocenters. The number of benzene rings is 1. The molecule has 1 aromatic carbocycles. The van der Waals surface area contributed by atoms with Crippen molar-refractivity contribution in [3.8, 4) is 0 Å². The first-order valence-electron chi connectivity index (χ1n) is 7.63. The van der Waals surface area contributed by atoms with Gasteiger partial charge in [0.05, 0.1) is 5.56 Å². The number of nitrogens with two attached hydrogens (primary N) is 1. The van der Waals surface area contributed by atoms with Gasteiger partial charge in [-0.05, 0) is 38.0 Å². The molecule has 1 atom stereocenters. The molecule has 0 radical (unpaired) electrons. The minimum atomic E-state index is -0.879. The van der Waals surface area contributed by atoms with E-state index < -0.39 is 18.1 Å². The summed E-state index contributed by atoms with van der Waals surface area (Å²) in [4.78, 5) is 34.9. The quantitative estimate of drug-likeness (QED) is 0.718. The van der Waals surface area contributed by atoms with Gasteiger partial charge in [-0.1, -0.05) is 18.9 Å². The van der Waals surface area contributed by atoms with E-state index in [0.717, 1.165) is 25.7 Å². The van der Waals surface area contributed by atoms with Crippen LogP contribution in [0.15, 0.2) is 24.3 Å². The highest BCUT2D eigenvalue weighted by atomic mass is 16.5. The first-order valence-corrected chi connectivity index (χ1v) is 7.63. The summed E-state index contributed by atoms with van der Waals surface area (Å²) in [6.45, 7) is 1.54. The van der Waals surface area contributed by atoms with Crippen molar-refractivity contribution in [2.24, 2.45) is 5.73 Å². The SMILES string of the molecule is C[C@H](OC(=O)c1cccc(NC(N)=O)c1)C(=O)NC1CCCC1. The lowest BCUT2D eigenvalue weighted by molar-refractivity contribution is -0.129. The highest BCUT2D eigenvalue weighted by Gasteiger charge is 2.23. The molecule has 3 amide bonds. The Morgan fingerprint density at radius 3 is 2.61 bits per heavy atom. The first-order chi connectivity index (χ1) is 11.0. The predicted octanol–water partition coefficient (Wildman–Crippen LogP) is 1.78. The molecule has 1 aromatic rings. The number of urea groups is 1. The van der Waals surface area contributed by atoms with Crippen molar-refractivity contribution >= 4 is 23.6 Å². The zero-order valence-corrected chi connectivity index (χ0v) is 13.0. The van der Waals surface area contributed by atoms with Crippen LogP contribution in [0, 0.1) is 0 Å². The van der Waals surface area contributed by atoms with Crippen LogP contribution < -0.4 is 16.4 Å². The van der Waals surface area contributed by atoms with Crippen molar-refractivity contribution in [2.45, 2.75) is 44.8 Å². The first kappa shape index (κ1) is 16.8. The van der Waals surface area contributed by atoms with Crippen LogP contribution in [0.25, 0.3) is 0 Å². The summed E-state index contributed by atoms with van der Waals surface area (Å²) in [5, 5.41) is 5.26. The van der Waals surface area contributed by atoms with Gasteiger partial charge >= 0.3 is 12.0 Å². The topological polar surface area (TPSA) is 111 Å². The Balaban J connectivity index is 1.92. The van der Waals surface area contributed by atoms with Gasteiger partial charge in [0.15, 0.2) is 6.10 Å². The van der Waals surface area contributed by atoms with Gasteiger partial charge in [0.2, 0.25) is 0 Å². The number of nitrogens with one attached hydrogen (secondary N) is 2. The monoisotopic (exact) mass is 319 g/mol. The van der Waals surface area contributed by atoms with E-state index in [1.54, 1.807) is 12.1 Å². The number of ether oxygens (including phenoxy) is 1. The fourth-order valence-electron chi connectivity index (χ4n) is 2.54. The molecule has 4 N–H and O–H groups in total. The van der Waals surface area contributed by atoms with E-state index in [-0.39, 0.29) is 17.5 Å². The van der Waals surface area contributed by atoms with Crippen LogP contribution in [0.2, 0.25) is 0 Å². The van der Waals surface area contributed by atoms with Gasteiger partial charge in [-0.2, -0.15) is 0 Å². The van der Waals surface area contributed by atoms with Crippen LogP contribution in [0.4, 0.5) is 10.5 Å². The number of anilines is 1. The predicted molar refractivity (Wildman–Crippen MR) is 84.9 cm³/mol. The molecule has 23 heavy (non-hydrogen) atoms. The Morgan fingerprint density at radius 1 is 1.26 bits per heavy atom. The third-order valence-corrected chi connectivity index (χ3v) is 3.72. The second kappa shape index (κ2) is 7.62. The third kappa shape index (κ3) is 4.98. The van der Waals surface area contributed by atoms with E-state index in [9.17, 15) is 14.4 Å². The van der Waals surface area contributed by atoms with Gasteiger partial charge in [0, 0.05) is 11.7 Å². The number of carbonyl (C=O) groups excluding carboxylic acids is 3. The minimum absolute atomic E-state index is 0.173. The van der Waals surface area contributed by atoms with Crippen molar-refractivity contribution < 1.29 is 19.1 Å². The molecule has 2 rings (SSSR count). The van der Waals surface area contributed by atoms with E-state index in [1.165, 1.54) is 19.1 Å². The second-order valence-electron chi connectivity index (χ2n) is 5.61. The number of hydrogen-bond donors (Lipinski definition) is 3. The molecule has 0 aliphatic heterocycles. The Morgan fingerprint density at radius 2 is 1.96 bits per heavy atom. The largest absolute Gasteiger partial charge is 0.449 e. The van der Waals surface area contributed by atoms with Crippen LogP contribution in [0.1, 0.15) is 43.0 Å². The van der Waals surface area contributed by atoms with Crippen LogP contribution in [0.5, 0.6) is 0 Å². The van der Waals surface area contributed by atoms with Crippen LogP contribution in [0.3, 0.4) is 0 Å². The number of carbonyl (C=O) groups is 3. The van der Waals surface area contributed by atoms with E-state index in [1.807, 2.05) is 0 Å². The van der Waals surface area contributed by atoms with Crippen LogP contribution in [-0.4, -0.2) is 30.1 Å². The highest BCUT2D eigenvalue weighted by Crippen LogP contribution is 2.18. The molecule has 0 bridgehead atoms. The molecule has 1 saturated carbocycles. The standard InChI is InChI=1S/C16H21N3O4/c1-10(14(20)18-12-6-2-3-7-12)23-15(21)11-5-4-8-13(9-11)19-16(17)22/h4-5,8-10,12H,2-3,6-7H2,1H3,(H,18,20)(H3,17,19,22)/t10-/m0/s1. The molecule has 1 fully saturated rings. The summed E-state index contributed by atoms with van der Waals surface area (Å²) in [6.07, 6.45) is 3.27. The molecule has 1 aliphatic carbocycles. The number of hydrogen-bond acceptors (Lipinski definition) is 4. The van der Waals surface area contributed by atoms with Gasteiger partial charge in [-0.3, -0.25) is 4.79 Å². The number of rotatable bonds is 5. The smallest absolute Gasteiger partial charge is 0.338 e. The Labute approximate surface area is 134 Å². The Bertz CT molecular complexity index is 597. The summed E-state index contributed by atoms with van der Waals surface area (Å²) in [5.41, 5.74) is 5.65. The number of primary amides is 1. The Kier molecular flexibility index (Phi) is 5.56. The second-order valence-corrected chi connectivity index (χ2v) is 5.61. The maximum absolute atomic E-state index is 12.1. The van der Waals surface area contributed by atoms with Gasteiger partial charge < -0.3 is 21.1 Å². The van der Waals surface area contributed by atoms with Gasteiger partial charge in [0.1, 0.15) is 0 Å². The zero-order valence-electron chi connectivity index (χ0n) is 13.0. The lowest BCUT2D eigenvalue weighted by atomic mass is 10.2. The summed E-state index contributed by atoms with van der Waals surface area (Å²) < 4.78 is 5.17. The molecule has 0 heterocycles. The van der Waals surface area contributed by atoms with Crippen molar-refractivity contribution in [3.63, 3.8) is 0 Å². The third-order valence-electron chi connectivity index (χ3n) is 3.72. The minimum Gasteiger partial charge on any atom is -0.449 e. The highest BCUT2D eigenvalue weighted by molar-refractivity contribution is 5.95. The molecule has 7 nitrogen and oxygen atoms in total. The van der Waals surface area contributed by atoms with Gasteiger partial charge in [0.25, 0.3) is 5.91 Å². The average molecular weight is 319 g/mol. The fourth-order valence-corrected chi connectivity index (χ4v) is 2.54. The van der Waals surface area contributed by atoms with Crippen LogP contribution >= 0.6 is 0 Å². The van der Waals surface area contributed by atoms with Crippen LogP contribution in [-0.2, 0) is 9.53 Å². The molecular formula is C16H21N3O4. The lowest BCUT2D eigenvalue weighted by Gasteiger charge is -2.17. The van der Waals surface area contributed by atoms with Crippen molar-refractivity contribution in [1.82, 2.24) is 5.32 Å². The number of amides is 3. The van der Waals surface area contributed by atoms with E-state index in [0.29, 0.717) is 5.69 Å². The van der Waals surface area contributed by atoms with Crippen molar-refractivity contribution in [3.05, 3.63) is 29.8 Å². The maximum Gasteiger partial charge on any atom is 0.338 e. The molecule has 124 valence electrons. The zero-order chi connectivity index (χ0) is 16.8. The molecule has 0 spiro atoms. The molecular weight excluding hydrogens is 298 g/mol. The van der Waals surface area contributed by atoms with E-state index >= 15 is 0 Å². The summed E-state index contributed by atoms with van der Waals surface area (Å²) >= 11 is 0. The van der Waals surface area contributed by atoms with Gasteiger partial charge in [-0.25, -0.2) is 9.59 Å². The van der Waals surface area contributed by atoms with E-state index in [4.69, 9.17) is 10.5 Å². The summed E-state index contributed by atoms with van der Waals surface area (Å²) in [7, 11) is 0. The lowest BCUT2D eigenvalue weighted by Crippen LogP contribution is -2.40. The average Bonchev–Trinajstić information content (AvgIpc) is 2.99.